The molecular formula is C29H39NO11. The Morgan fingerprint density at radius 2 is 2.07 bits per heavy atom. The van der Waals surface area contributed by atoms with Crippen LogP contribution in [-0.2, 0) is 28.5 Å². The van der Waals surface area contributed by atoms with Crippen LogP contribution in [-0.4, -0.2) is 98.6 Å². The molecule has 12 nitrogen and oxygen atoms in total. The quantitative estimate of drug-likeness (QED) is 0.146. The molecule has 0 saturated carbocycles. The van der Waals surface area contributed by atoms with Crippen molar-refractivity contribution in [3.05, 3.63) is 47.1 Å². The van der Waals surface area contributed by atoms with Gasteiger partial charge in [0.25, 0.3) is 0 Å². The van der Waals surface area contributed by atoms with Crippen molar-refractivity contribution < 1.29 is 54.1 Å². The van der Waals surface area contributed by atoms with E-state index in [0.717, 1.165) is 0 Å². The molecular weight excluding hydrogens is 538 g/mol. The van der Waals surface area contributed by atoms with Gasteiger partial charge in [-0.1, -0.05) is 19.1 Å². The zero-order valence-electron chi connectivity index (χ0n) is 23.2. The normalized spacial score (nSPS) is 34.7. The Morgan fingerprint density at radius 1 is 1.32 bits per heavy atom. The largest absolute Gasteiger partial charge is 0.481 e. The van der Waals surface area contributed by atoms with Crippen molar-refractivity contribution in [3.8, 4) is 0 Å². The van der Waals surface area contributed by atoms with E-state index >= 15 is 0 Å². The van der Waals surface area contributed by atoms with Crippen molar-refractivity contribution in [3.63, 3.8) is 0 Å². The maximum Gasteiger partial charge on any atom is 0.333 e. The number of carbonyl (C=O) groups is 2. The topological polar surface area (TPSA) is 188 Å². The van der Waals surface area contributed by atoms with E-state index in [2.05, 4.69) is 11.6 Å². The molecule has 12 heteroatoms. The third-order valence-corrected chi connectivity index (χ3v) is 8.38. The number of esters is 1. The molecule has 6 N–H and O–H groups in total. The number of ether oxygens (including phenoxy) is 4. The predicted molar refractivity (Wildman–Crippen MR) is 144 cm³/mol. The number of nitrogens with one attached hydrogen (secondary N) is 1. The lowest BCUT2D eigenvalue weighted by Crippen LogP contribution is -2.74. The minimum Gasteiger partial charge on any atom is -0.481 e. The molecule has 0 aromatic carbocycles. The van der Waals surface area contributed by atoms with E-state index in [4.69, 9.17) is 18.9 Å². The third kappa shape index (κ3) is 5.47. The van der Waals surface area contributed by atoms with Crippen LogP contribution in [0.25, 0.3) is 11.8 Å². The van der Waals surface area contributed by atoms with Crippen molar-refractivity contribution in [2.75, 3.05) is 20.3 Å². The highest BCUT2D eigenvalue weighted by Gasteiger charge is 2.64. The molecule has 1 aromatic rings. The number of fused-ring (bicyclic) bond motifs is 1. The molecule has 3 aliphatic rings. The van der Waals surface area contributed by atoms with E-state index in [1.807, 2.05) is 0 Å². The Balaban J connectivity index is 1.70. The number of aliphatic hydroxyl groups is 4. The average molecular weight is 578 g/mol. The molecule has 1 spiro atoms. The van der Waals surface area contributed by atoms with Gasteiger partial charge in [-0.3, -0.25) is 4.79 Å². The van der Waals surface area contributed by atoms with E-state index in [0.29, 0.717) is 29.2 Å². The van der Waals surface area contributed by atoms with Crippen molar-refractivity contribution in [1.29, 1.82) is 0 Å². The zero-order valence-corrected chi connectivity index (χ0v) is 23.2. The van der Waals surface area contributed by atoms with Crippen LogP contribution >= 0.6 is 0 Å². The molecule has 1 saturated heterocycles. The average Bonchev–Trinajstić information content (AvgIpc) is 3.44. The molecule has 1 fully saturated rings. The molecule has 41 heavy (non-hydrogen) atoms. The number of hydrogen-bond acceptors (Lipinski definition) is 10. The maximum atomic E-state index is 12.4. The molecule has 0 amide bonds. The minimum absolute atomic E-state index is 0.0326. The number of carboxylic acid groups (broad SMARTS) is 1. The third-order valence-electron chi connectivity index (χ3n) is 8.38. The Labute approximate surface area is 237 Å². The van der Waals surface area contributed by atoms with E-state index in [9.17, 15) is 35.1 Å². The summed E-state index contributed by atoms with van der Waals surface area (Å²) in [6, 6.07) is 1.78. The van der Waals surface area contributed by atoms with Crippen LogP contribution in [0.15, 0.2) is 36.6 Å². The first-order valence-electron chi connectivity index (χ1n) is 13.7. The molecule has 4 rings (SSSR count). The lowest BCUT2D eigenvalue weighted by molar-refractivity contribution is -0.365. The van der Waals surface area contributed by atoms with Crippen molar-refractivity contribution in [2.45, 2.75) is 74.8 Å². The van der Waals surface area contributed by atoms with Gasteiger partial charge in [0.05, 0.1) is 31.6 Å². The number of aliphatic carboxylic acids is 1. The van der Waals surface area contributed by atoms with Crippen LogP contribution in [0, 0.1) is 11.8 Å². The minimum atomic E-state index is -2.03. The molecule has 1 aromatic heterocycles. The summed E-state index contributed by atoms with van der Waals surface area (Å²) in [5.74, 6) is -2.83. The van der Waals surface area contributed by atoms with Gasteiger partial charge in [0.1, 0.15) is 23.6 Å². The Hall–Kier alpha value is -3.00. The van der Waals surface area contributed by atoms with Gasteiger partial charge in [0, 0.05) is 41.9 Å². The standard InChI is InChI=1S/C29H39NO11/c1-4-17-19(13-23(33)34)18(25(35)38-3)8-9-20(17)39-27-28(37,5-2)26(36)29(22(15-32)40-27)14-16-10-11-30-24(16)21(41-29)7-6-12-31/h4,8,10-11,14,17,19-20,22,26-27,30-32,36-37H,1,5-7,9,12-13,15H2,2-3H3,(H,33,34)/t17-,19+,20-,22-,26-,27-,28-,29-/m1/s1. The van der Waals surface area contributed by atoms with E-state index in [-0.39, 0.29) is 31.4 Å². The van der Waals surface area contributed by atoms with Gasteiger partial charge in [0.15, 0.2) is 11.9 Å². The number of rotatable bonds is 11. The van der Waals surface area contributed by atoms with Crippen molar-refractivity contribution >= 4 is 23.8 Å². The second-order valence-electron chi connectivity index (χ2n) is 10.6. The predicted octanol–water partition coefficient (Wildman–Crippen LogP) is -0.554. The first-order chi connectivity index (χ1) is 19.6. The van der Waals surface area contributed by atoms with Gasteiger partial charge in [0.2, 0.25) is 0 Å². The molecule has 226 valence electrons. The molecule has 0 radical (unpaired) electrons. The van der Waals surface area contributed by atoms with Crippen LogP contribution in [0.5, 0.6) is 0 Å². The second kappa shape index (κ2) is 12.5. The van der Waals surface area contributed by atoms with Gasteiger partial charge >= 0.3 is 11.9 Å². The summed E-state index contributed by atoms with van der Waals surface area (Å²) in [7, 11) is 1.21. The van der Waals surface area contributed by atoms with Gasteiger partial charge in [-0.25, -0.2) is 4.79 Å². The number of aliphatic hydroxyl groups excluding tert-OH is 3. The Morgan fingerprint density at radius 3 is 2.68 bits per heavy atom. The number of carbonyl (C=O) groups excluding carboxylic acids is 1. The van der Waals surface area contributed by atoms with Crippen molar-refractivity contribution in [2.24, 2.45) is 11.8 Å². The van der Waals surface area contributed by atoms with Gasteiger partial charge in [-0.15, -0.1) is 6.58 Å². The fraction of sp³-hybridized carbons (Fsp3) is 0.586. The number of aromatic amines is 1. The fourth-order valence-electron chi connectivity index (χ4n) is 6.18. The highest BCUT2D eigenvalue weighted by atomic mass is 16.7. The Kier molecular flexibility index (Phi) is 9.42. The summed E-state index contributed by atoms with van der Waals surface area (Å²) in [5, 5.41) is 54.5. The van der Waals surface area contributed by atoms with Crippen LogP contribution in [0.2, 0.25) is 0 Å². The van der Waals surface area contributed by atoms with E-state index < -0.39 is 66.2 Å². The zero-order chi connectivity index (χ0) is 29.9. The fourth-order valence-corrected chi connectivity index (χ4v) is 6.18. The summed E-state index contributed by atoms with van der Waals surface area (Å²) < 4.78 is 23.6. The van der Waals surface area contributed by atoms with E-state index in [1.54, 1.807) is 31.3 Å². The monoisotopic (exact) mass is 577 g/mol. The van der Waals surface area contributed by atoms with Crippen molar-refractivity contribution in [1.82, 2.24) is 4.98 Å². The van der Waals surface area contributed by atoms with Gasteiger partial charge in [-0.05, 0) is 31.4 Å². The molecule has 2 aliphatic heterocycles. The SMILES string of the molecule is C=C[C@@H]1[C@H](CC(=O)O)C(C(=O)OC)=CC[C@H]1O[C@@H]1O[C@H](CO)[C@]2(C=c3cc[nH]c3=C(CCCO)O2)[C@H](O)[C@]1(O)CC. The van der Waals surface area contributed by atoms with Crippen LogP contribution in [0.4, 0.5) is 0 Å². The lowest BCUT2D eigenvalue weighted by atomic mass is 9.73. The highest BCUT2D eigenvalue weighted by molar-refractivity contribution is 5.90. The van der Waals surface area contributed by atoms with Crippen LogP contribution < -0.4 is 10.6 Å². The first-order valence-corrected chi connectivity index (χ1v) is 13.7. The Bertz CT molecular complexity index is 1290. The van der Waals surface area contributed by atoms with Crippen LogP contribution in [0.1, 0.15) is 39.0 Å². The number of methoxy groups -OCH3 is 1. The lowest BCUT2D eigenvalue weighted by Gasteiger charge is -2.55. The summed E-state index contributed by atoms with van der Waals surface area (Å²) >= 11 is 0. The van der Waals surface area contributed by atoms with Crippen LogP contribution in [0.3, 0.4) is 0 Å². The molecule has 3 heterocycles. The highest BCUT2D eigenvalue weighted by Crippen LogP contribution is 2.46. The molecule has 0 bridgehead atoms. The molecule has 8 atom stereocenters. The van der Waals surface area contributed by atoms with Gasteiger partial charge in [-0.2, -0.15) is 0 Å². The summed E-state index contributed by atoms with van der Waals surface area (Å²) in [6.07, 6.45) is 1.76. The molecule has 1 aliphatic carbocycles. The molecule has 0 unspecified atom stereocenters. The summed E-state index contributed by atoms with van der Waals surface area (Å²) in [4.78, 5) is 27.2. The smallest absolute Gasteiger partial charge is 0.333 e. The van der Waals surface area contributed by atoms with Gasteiger partial charge < -0.3 is 49.5 Å². The summed E-state index contributed by atoms with van der Waals surface area (Å²) in [5.41, 5.74) is -3.52. The van der Waals surface area contributed by atoms with E-state index in [1.165, 1.54) is 13.2 Å². The number of hydrogen-bond donors (Lipinski definition) is 6. The summed E-state index contributed by atoms with van der Waals surface area (Å²) in [6.45, 7) is 4.80. The number of aromatic nitrogens is 1. The number of H-pyrrole nitrogens is 1. The maximum absolute atomic E-state index is 12.4. The number of carboxylic acids is 1. The first kappa shape index (κ1) is 30.9. The second-order valence-corrected chi connectivity index (χ2v) is 10.6.